The van der Waals surface area contributed by atoms with Crippen LogP contribution in [0.1, 0.15) is 19.3 Å². The quantitative estimate of drug-likeness (QED) is 0.571. The van der Waals surface area contributed by atoms with E-state index in [-0.39, 0.29) is 0 Å². The van der Waals surface area contributed by atoms with Crippen LogP contribution in [-0.4, -0.2) is 42.2 Å². The third-order valence-electron chi connectivity index (χ3n) is 4.85. The summed E-state index contributed by atoms with van der Waals surface area (Å²) in [5.74, 6) is 1.86. The van der Waals surface area contributed by atoms with Crippen molar-refractivity contribution < 1.29 is 0 Å². The van der Waals surface area contributed by atoms with Gasteiger partial charge in [-0.2, -0.15) is 5.10 Å². The maximum atomic E-state index is 4.68. The van der Waals surface area contributed by atoms with Gasteiger partial charge < -0.3 is 4.90 Å². The second kappa shape index (κ2) is 6.25. The summed E-state index contributed by atoms with van der Waals surface area (Å²) in [5.41, 5.74) is 2.67. The Morgan fingerprint density at radius 1 is 0.846 bits per heavy atom. The fourth-order valence-corrected chi connectivity index (χ4v) is 3.53. The first-order chi connectivity index (χ1) is 12.9. The van der Waals surface area contributed by atoms with Crippen LogP contribution in [-0.2, 0) is 0 Å². The largest absolute Gasteiger partial charge is 0.357 e. The molecule has 0 N–H and O–H groups in total. The molecule has 7 nitrogen and oxygen atoms in total. The molecule has 0 amide bonds. The molecule has 5 heterocycles. The maximum absolute atomic E-state index is 4.68. The molecule has 1 aliphatic heterocycles. The van der Waals surface area contributed by atoms with E-state index in [0.29, 0.717) is 0 Å². The van der Waals surface area contributed by atoms with Crippen molar-refractivity contribution in [1.82, 2.24) is 29.1 Å². The summed E-state index contributed by atoms with van der Waals surface area (Å²) in [5, 5.41) is 4.36. The van der Waals surface area contributed by atoms with E-state index in [2.05, 4.69) is 37.1 Å². The highest BCUT2D eigenvalue weighted by molar-refractivity contribution is 5.73. The van der Waals surface area contributed by atoms with Crippen molar-refractivity contribution in [3.8, 4) is 17.1 Å². The zero-order valence-corrected chi connectivity index (χ0v) is 14.4. The Labute approximate surface area is 151 Å². The van der Waals surface area contributed by atoms with Crippen LogP contribution in [0.5, 0.6) is 0 Å². The van der Waals surface area contributed by atoms with E-state index in [1.165, 1.54) is 19.3 Å². The second-order valence-corrected chi connectivity index (χ2v) is 6.49. The summed E-state index contributed by atoms with van der Waals surface area (Å²) in [4.78, 5) is 16.0. The van der Waals surface area contributed by atoms with E-state index in [1.807, 2.05) is 29.2 Å². The maximum Gasteiger partial charge on any atom is 0.165 e. The van der Waals surface area contributed by atoms with Gasteiger partial charge in [-0.25, -0.2) is 19.5 Å². The summed E-state index contributed by atoms with van der Waals surface area (Å²) in [7, 11) is 0. The Kier molecular flexibility index (Phi) is 3.62. The van der Waals surface area contributed by atoms with Gasteiger partial charge in [0.15, 0.2) is 5.65 Å². The minimum absolute atomic E-state index is 0.790. The van der Waals surface area contributed by atoms with Crippen LogP contribution in [0.4, 0.5) is 5.82 Å². The molecule has 0 spiro atoms. The lowest BCUT2D eigenvalue weighted by Crippen LogP contribution is -2.30. The van der Waals surface area contributed by atoms with E-state index >= 15 is 0 Å². The Morgan fingerprint density at radius 3 is 2.62 bits per heavy atom. The van der Waals surface area contributed by atoms with E-state index in [9.17, 15) is 0 Å². The molecule has 0 aliphatic carbocycles. The standard InChI is InChI=1S/C19H19N7/c1-2-9-24(10-3-1)17-6-5-15(13-22-17)25-12-8-21-18(25)16-14-23-26-11-4-7-20-19(16)26/h4-8,11-14H,1-3,9-10H2. The second-order valence-electron chi connectivity index (χ2n) is 6.49. The molecule has 1 aliphatic rings. The number of hydrogen-bond donors (Lipinski definition) is 0. The number of pyridine rings is 1. The van der Waals surface area contributed by atoms with Crippen molar-refractivity contribution >= 4 is 11.5 Å². The fourth-order valence-electron chi connectivity index (χ4n) is 3.53. The number of hydrogen-bond acceptors (Lipinski definition) is 5. The first-order valence-corrected chi connectivity index (χ1v) is 8.93. The van der Waals surface area contributed by atoms with Gasteiger partial charge in [0, 0.05) is 37.9 Å². The third kappa shape index (κ3) is 2.52. The van der Waals surface area contributed by atoms with Crippen LogP contribution in [0, 0.1) is 0 Å². The molecule has 7 heteroatoms. The molecule has 4 aromatic rings. The Balaban J connectivity index is 1.51. The minimum Gasteiger partial charge on any atom is -0.357 e. The normalized spacial score (nSPS) is 14.8. The summed E-state index contributed by atoms with van der Waals surface area (Å²) in [6.07, 6.45) is 14.9. The number of imidazole rings is 1. The third-order valence-corrected chi connectivity index (χ3v) is 4.85. The van der Waals surface area contributed by atoms with Crippen LogP contribution in [0.15, 0.2) is 55.4 Å². The van der Waals surface area contributed by atoms with Crippen molar-refractivity contribution in [2.45, 2.75) is 19.3 Å². The lowest BCUT2D eigenvalue weighted by molar-refractivity contribution is 0.573. The summed E-state index contributed by atoms with van der Waals surface area (Å²) < 4.78 is 3.78. The monoisotopic (exact) mass is 345 g/mol. The van der Waals surface area contributed by atoms with E-state index in [0.717, 1.165) is 41.6 Å². The number of rotatable bonds is 3. The molecular formula is C19H19N7. The first-order valence-electron chi connectivity index (χ1n) is 8.93. The summed E-state index contributed by atoms with van der Waals surface area (Å²) in [6.45, 7) is 2.19. The van der Waals surface area contributed by atoms with E-state index in [1.54, 1.807) is 23.1 Å². The van der Waals surface area contributed by atoms with Gasteiger partial charge in [-0.15, -0.1) is 0 Å². The first kappa shape index (κ1) is 15.1. The highest BCUT2D eigenvalue weighted by Crippen LogP contribution is 2.25. The molecule has 1 fully saturated rings. The lowest BCUT2D eigenvalue weighted by Gasteiger charge is -2.27. The average molecular weight is 345 g/mol. The molecule has 4 aromatic heterocycles. The van der Waals surface area contributed by atoms with E-state index in [4.69, 9.17) is 0 Å². The van der Waals surface area contributed by atoms with Gasteiger partial charge in [0.1, 0.15) is 11.6 Å². The lowest BCUT2D eigenvalue weighted by atomic mass is 10.1. The van der Waals surface area contributed by atoms with E-state index < -0.39 is 0 Å². The van der Waals surface area contributed by atoms with Gasteiger partial charge in [-0.1, -0.05) is 0 Å². The van der Waals surface area contributed by atoms with Crippen LogP contribution in [0.2, 0.25) is 0 Å². The molecular weight excluding hydrogens is 326 g/mol. The summed E-state index contributed by atoms with van der Waals surface area (Å²) in [6, 6.07) is 6.06. The molecule has 1 saturated heterocycles. The van der Waals surface area contributed by atoms with Crippen molar-refractivity contribution in [1.29, 1.82) is 0 Å². The molecule has 0 radical (unpaired) electrons. The van der Waals surface area contributed by atoms with Crippen LogP contribution in [0.25, 0.3) is 22.7 Å². The van der Waals surface area contributed by atoms with Gasteiger partial charge in [0.25, 0.3) is 0 Å². The predicted molar refractivity (Wildman–Crippen MR) is 99.4 cm³/mol. The molecule has 0 unspecified atom stereocenters. The molecule has 5 rings (SSSR count). The van der Waals surface area contributed by atoms with Gasteiger partial charge in [0.05, 0.1) is 23.6 Å². The average Bonchev–Trinajstić information content (AvgIpc) is 3.35. The smallest absolute Gasteiger partial charge is 0.165 e. The molecule has 130 valence electrons. The zero-order valence-electron chi connectivity index (χ0n) is 14.4. The number of fused-ring (bicyclic) bond motifs is 1. The van der Waals surface area contributed by atoms with Gasteiger partial charge in [-0.3, -0.25) is 4.57 Å². The molecule has 0 atom stereocenters. The van der Waals surface area contributed by atoms with Gasteiger partial charge in [0.2, 0.25) is 0 Å². The Hall–Kier alpha value is -3.22. The van der Waals surface area contributed by atoms with Crippen molar-refractivity contribution in [3.05, 3.63) is 55.4 Å². The number of anilines is 1. The molecule has 26 heavy (non-hydrogen) atoms. The Bertz CT molecular complexity index is 1030. The summed E-state index contributed by atoms with van der Waals surface area (Å²) >= 11 is 0. The Morgan fingerprint density at radius 2 is 1.77 bits per heavy atom. The van der Waals surface area contributed by atoms with Gasteiger partial charge in [-0.05, 0) is 37.5 Å². The number of nitrogens with zero attached hydrogens (tertiary/aromatic N) is 7. The molecule has 0 bridgehead atoms. The topological polar surface area (TPSA) is 64.1 Å². The van der Waals surface area contributed by atoms with Crippen molar-refractivity contribution in [3.63, 3.8) is 0 Å². The van der Waals surface area contributed by atoms with Crippen LogP contribution < -0.4 is 4.90 Å². The SMILES string of the molecule is c1cnc2c(-c3nccn3-c3ccc(N4CCCCC4)nc3)cnn2c1. The number of aromatic nitrogens is 6. The predicted octanol–water partition coefficient (Wildman–Crippen LogP) is 2.97. The van der Waals surface area contributed by atoms with Crippen molar-refractivity contribution in [2.24, 2.45) is 0 Å². The number of piperidine rings is 1. The highest BCUT2D eigenvalue weighted by atomic mass is 15.2. The molecule has 0 aromatic carbocycles. The van der Waals surface area contributed by atoms with Crippen LogP contribution >= 0.6 is 0 Å². The minimum atomic E-state index is 0.790. The van der Waals surface area contributed by atoms with Crippen LogP contribution in [0.3, 0.4) is 0 Å². The highest BCUT2D eigenvalue weighted by Gasteiger charge is 2.15. The molecule has 0 saturated carbocycles. The fraction of sp³-hybridized carbons (Fsp3) is 0.263. The van der Waals surface area contributed by atoms with Crippen molar-refractivity contribution in [2.75, 3.05) is 18.0 Å². The zero-order chi connectivity index (χ0) is 17.3. The van der Waals surface area contributed by atoms with Gasteiger partial charge >= 0.3 is 0 Å².